The van der Waals surface area contributed by atoms with Gasteiger partial charge in [0.15, 0.2) is 0 Å². The van der Waals surface area contributed by atoms with Crippen molar-refractivity contribution in [1.29, 1.82) is 0 Å². The molecule has 0 radical (unpaired) electrons. The fourth-order valence-corrected chi connectivity index (χ4v) is 6.72. The Morgan fingerprint density at radius 3 is 1.85 bits per heavy atom. The van der Waals surface area contributed by atoms with Gasteiger partial charge in [-0.3, -0.25) is 19.2 Å². The van der Waals surface area contributed by atoms with Crippen LogP contribution in [0.2, 0.25) is 0 Å². The minimum atomic E-state index is -1.24. The third-order valence-electron chi connectivity index (χ3n) is 9.69. The van der Waals surface area contributed by atoms with E-state index in [2.05, 4.69) is 22.9 Å². The Morgan fingerprint density at radius 2 is 1.25 bits per heavy atom. The predicted octanol–water partition coefficient (Wildman–Crippen LogP) is 5.82. The van der Waals surface area contributed by atoms with Crippen LogP contribution in [0, 0.1) is 0 Å². The van der Waals surface area contributed by atoms with Crippen molar-refractivity contribution < 1.29 is 34.2 Å². The van der Waals surface area contributed by atoms with Crippen LogP contribution in [-0.4, -0.2) is 75.9 Å². The van der Waals surface area contributed by atoms with E-state index in [1.165, 1.54) is 81.2 Å². The van der Waals surface area contributed by atoms with E-state index in [1.54, 1.807) is 12.1 Å². The van der Waals surface area contributed by atoms with Crippen molar-refractivity contribution in [3.05, 3.63) is 65.7 Å². The lowest BCUT2D eigenvalue weighted by atomic mass is 10.0. The molecular weight excluding hydrogens is 660 g/mol. The second kappa shape index (κ2) is 23.9. The van der Waals surface area contributed by atoms with Crippen LogP contribution in [0.25, 0.3) is 0 Å². The van der Waals surface area contributed by atoms with Gasteiger partial charge in [0.1, 0.15) is 23.9 Å². The number of amides is 4. The molecule has 1 saturated heterocycles. The number of aromatic hydroxyl groups is 1. The quantitative estimate of drug-likeness (QED) is 0.0807. The van der Waals surface area contributed by atoms with E-state index in [0.29, 0.717) is 31.4 Å². The Balaban J connectivity index is 1.46. The first-order valence-corrected chi connectivity index (χ1v) is 19.4. The number of carboxylic acids is 1. The highest BCUT2D eigenvalue weighted by atomic mass is 16.4. The molecule has 3 atom stereocenters. The standard InChI is InChI=1S/C41H60N4O7/c1-2-3-4-5-6-7-8-9-10-11-12-13-17-22-37(47)43-34(28-31-19-15-14-16-20-31)40(50)45-27-18-21-36(45)39(49)42-30-38(48)44-35(41(51)52)29-32-23-25-33(46)26-24-32/h14-16,19-20,23-26,34-36,46H,2-13,17-18,21-22,27-30H2,1H3,(H,42,49)(H,43,47)(H,44,48)(H,51,52)/t34?,35?,36-/m0/s1. The zero-order valence-corrected chi connectivity index (χ0v) is 31.0. The largest absolute Gasteiger partial charge is 0.508 e. The van der Waals surface area contributed by atoms with Crippen molar-refractivity contribution in [1.82, 2.24) is 20.9 Å². The Hall–Kier alpha value is -4.41. The number of hydrogen-bond acceptors (Lipinski definition) is 6. The van der Waals surface area contributed by atoms with Crippen molar-refractivity contribution >= 4 is 29.6 Å². The summed E-state index contributed by atoms with van der Waals surface area (Å²) in [4.78, 5) is 66.1. The van der Waals surface area contributed by atoms with Crippen LogP contribution in [0.5, 0.6) is 5.75 Å². The Bertz CT molecular complexity index is 1390. The minimum absolute atomic E-state index is 0.00587. The number of rotatable bonds is 25. The lowest BCUT2D eigenvalue weighted by molar-refractivity contribution is -0.142. The van der Waals surface area contributed by atoms with E-state index >= 15 is 0 Å². The van der Waals surface area contributed by atoms with Crippen LogP contribution < -0.4 is 16.0 Å². The number of phenols is 1. The molecular formula is C41H60N4O7. The number of nitrogens with one attached hydrogen (secondary N) is 3. The summed E-state index contributed by atoms with van der Waals surface area (Å²) in [5, 5.41) is 27.0. The molecule has 2 unspecified atom stereocenters. The second-order valence-electron chi connectivity index (χ2n) is 14.0. The third-order valence-corrected chi connectivity index (χ3v) is 9.69. The van der Waals surface area contributed by atoms with E-state index in [4.69, 9.17) is 0 Å². The van der Waals surface area contributed by atoms with Crippen LogP contribution in [-0.2, 0) is 36.8 Å². The van der Waals surface area contributed by atoms with E-state index < -0.39 is 42.5 Å². The number of nitrogens with zero attached hydrogens (tertiary/aromatic N) is 1. The Labute approximate surface area is 309 Å². The molecule has 11 nitrogen and oxygen atoms in total. The van der Waals surface area contributed by atoms with Gasteiger partial charge < -0.3 is 31.1 Å². The van der Waals surface area contributed by atoms with Crippen LogP contribution in [0.15, 0.2) is 54.6 Å². The van der Waals surface area contributed by atoms with Gasteiger partial charge in [-0.1, -0.05) is 126 Å². The number of aliphatic carboxylic acids is 1. The topological polar surface area (TPSA) is 165 Å². The van der Waals surface area contributed by atoms with Crippen LogP contribution >= 0.6 is 0 Å². The Morgan fingerprint density at radius 1 is 0.712 bits per heavy atom. The SMILES string of the molecule is CCCCCCCCCCCCCCCC(=O)NC(Cc1ccccc1)C(=O)N1CCC[C@H]1C(=O)NCC(=O)NC(Cc1ccc(O)cc1)C(=O)O. The summed E-state index contributed by atoms with van der Waals surface area (Å²) < 4.78 is 0. The summed E-state index contributed by atoms with van der Waals surface area (Å²) in [5.41, 5.74) is 1.50. The molecule has 11 heteroatoms. The summed E-state index contributed by atoms with van der Waals surface area (Å²) in [6.45, 7) is 2.13. The highest BCUT2D eigenvalue weighted by Crippen LogP contribution is 2.20. The number of likely N-dealkylation sites (tertiary alicyclic amines) is 1. The fourth-order valence-electron chi connectivity index (χ4n) is 6.72. The molecule has 1 aliphatic rings. The fraction of sp³-hybridized carbons (Fsp3) is 0.585. The molecule has 1 fully saturated rings. The van der Waals surface area contributed by atoms with Gasteiger partial charge in [0.25, 0.3) is 0 Å². The Kier molecular flexibility index (Phi) is 19.3. The van der Waals surface area contributed by atoms with Gasteiger partial charge in [-0.25, -0.2) is 4.79 Å². The lowest BCUT2D eigenvalue weighted by Gasteiger charge is -2.29. The molecule has 2 aromatic rings. The van der Waals surface area contributed by atoms with E-state index in [9.17, 15) is 34.2 Å². The summed E-state index contributed by atoms with van der Waals surface area (Å²) >= 11 is 0. The average molecular weight is 721 g/mol. The zero-order valence-electron chi connectivity index (χ0n) is 31.0. The smallest absolute Gasteiger partial charge is 0.326 e. The third kappa shape index (κ3) is 15.9. The maximum atomic E-state index is 13.9. The number of hydrogen-bond donors (Lipinski definition) is 5. The molecule has 286 valence electrons. The van der Waals surface area contributed by atoms with Gasteiger partial charge in [-0.2, -0.15) is 0 Å². The molecule has 0 aromatic heterocycles. The molecule has 3 rings (SSSR count). The van der Waals surface area contributed by atoms with Crippen LogP contribution in [0.1, 0.15) is 121 Å². The molecule has 5 N–H and O–H groups in total. The number of benzene rings is 2. The maximum absolute atomic E-state index is 13.9. The molecule has 4 amide bonds. The van der Waals surface area contributed by atoms with E-state index in [-0.39, 0.29) is 30.4 Å². The average Bonchev–Trinajstić information content (AvgIpc) is 3.63. The minimum Gasteiger partial charge on any atom is -0.508 e. The first-order chi connectivity index (χ1) is 25.2. The molecule has 2 aromatic carbocycles. The summed E-state index contributed by atoms with van der Waals surface area (Å²) in [5.74, 6) is -2.92. The number of carbonyl (C=O) groups excluding carboxylic acids is 4. The van der Waals surface area contributed by atoms with Gasteiger partial charge in [0, 0.05) is 25.8 Å². The number of unbranched alkanes of at least 4 members (excludes halogenated alkanes) is 12. The van der Waals surface area contributed by atoms with Gasteiger partial charge in [-0.15, -0.1) is 0 Å². The van der Waals surface area contributed by atoms with Crippen molar-refractivity contribution in [3.8, 4) is 5.75 Å². The summed E-state index contributed by atoms with van der Waals surface area (Å²) in [6, 6.07) is 12.5. The van der Waals surface area contributed by atoms with Crippen LogP contribution in [0.3, 0.4) is 0 Å². The highest BCUT2D eigenvalue weighted by molar-refractivity contribution is 5.94. The van der Waals surface area contributed by atoms with Crippen LogP contribution in [0.4, 0.5) is 0 Å². The monoisotopic (exact) mass is 720 g/mol. The van der Waals surface area contributed by atoms with E-state index in [0.717, 1.165) is 24.8 Å². The number of carbonyl (C=O) groups is 5. The molecule has 0 aliphatic carbocycles. The van der Waals surface area contributed by atoms with E-state index in [1.807, 2.05) is 30.3 Å². The number of carboxylic acid groups (broad SMARTS) is 1. The van der Waals surface area contributed by atoms with Crippen molar-refractivity contribution in [2.24, 2.45) is 0 Å². The molecule has 1 aliphatic heterocycles. The maximum Gasteiger partial charge on any atom is 0.326 e. The lowest BCUT2D eigenvalue weighted by Crippen LogP contribution is -2.55. The van der Waals surface area contributed by atoms with Crippen molar-refractivity contribution in [2.75, 3.05) is 13.1 Å². The number of phenolic OH excluding ortho intramolecular Hbond substituents is 1. The first kappa shape index (κ1) is 42.0. The first-order valence-electron chi connectivity index (χ1n) is 19.4. The highest BCUT2D eigenvalue weighted by Gasteiger charge is 2.38. The molecule has 0 bridgehead atoms. The van der Waals surface area contributed by atoms with Gasteiger partial charge in [-0.05, 0) is 42.5 Å². The van der Waals surface area contributed by atoms with Gasteiger partial charge in [0.05, 0.1) is 6.54 Å². The van der Waals surface area contributed by atoms with Crippen molar-refractivity contribution in [3.63, 3.8) is 0 Å². The van der Waals surface area contributed by atoms with Crippen molar-refractivity contribution in [2.45, 2.75) is 141 Å². The molecule has 0 spiro atoms. The predicted molar refractivity (Wildman–Crippen MR) is 202 cm³/mol. The summed E-state index contributed by atoms with van der Waals surface area (Å²) in [7, 11) is 0. The molecule has 52 heavy (non-hydrogen) atoms. The van der Waals surface area contributed by atoms with Gasteiger partial charge >= 0.3 is 5.97 Å². The second-order valence-corrected chi connectivity index (χ2v) is 14.0. The normalized spacial score (nSPS) is 15.1. The zero-order chi connectivity index (χ0) is 37.6. The summed E-state index contributed by atoms with van der Waals surface area (Å²) in [6.07, 6.45) is 17.4. The molecule has 1 heterocycles. The molecule has 0 saturated carbocycles. The van der Waals surface area contributed by atoms with Gasteiger partial charge in [0.2, 0.25) is 23.6 Å².